The van der Waals surface area contributed by atoms with E-state index in [0.717, 1.165) is 32.1 Å². The number of aliphatic hydroxyl groups excluding tert-OH is 1. The first-order chi connectivity index (χ1) is 27.8. The van der Waals surface area contributed by atoms with Gasteiger partial charge in [0, 0.05) is 47.2 Å². The Morgan fingerprint density at radius 3 is 2.41 bits per heavy atom. The summed E-state index contributed by atoms with van der Waals surface area (Å²) >= 11 is 13.7. The molecule has 0 spiro atoms. The van der Waals surface area contributed by atoms with E-state index in [4.69, 9.17) is 38.8 Å². The lowest BCUT2D eigenvalue weighted by molar-refractivity contribution is -0.205. The summed E-state index contributed by atoms with van der Waals surface area (Å²) in [5.41, 5.74) is 6.62. The number of carboxylic acids is 1. The molecule has 2 aromatic rings. The number of aliphatic hydroxyl groups is 1. The Balaban J connectivity index is 0.000000290. The fraction of sp³-hybridized carbons (Fsp3) is 0.609. The maximum absolute atomic E-state index is 13.6. The number of carbonyl (C=O) groups is 4. The van der Waals surface area contributed by atoms with E-state index in [1.54, 1.807) is 48.2 Å². The molecule has 59 heavy (non-hydrogen) atoms. The highest BCUT2D eigenvalue weighted by molar-refractivity contribution is 8.00. The predicted molar refractivity (Wildman–Crippen MR) is 237 cm³/mol. The number of hydrogen-bond donors (Lipinski definition) is 4. The number of halogens is 2. The number of nitrogens with one attached hydrogen (secondary N) is 1. The molecular formula is C46H63Cl2N3O7S. The van der Waals surface area contributed by atoms with Crippen LogP contribution in [0, 0.1) is 39.9 Å². The Hall–Kier alpha value is -3.09. The summed E-state index contributed by atoms with van der Waals surface area (Å²) in [5.74, 6) is -0.731. The van der Waals surface area contributed by atoms with Gasteiger partial charge in [0.1, 0.15) is 11.9 Å². The minimum atomic E-state index is -0.889. The van der Waals surface area contributed by atoms with Gasteiger partial charge in [-0.15, -0.1) is 18.3 Å². The quantitative estimate of drug-likeness (QED) is 0.127. The van der Waals surface area contributed by atoms with Crippen molar-refractivity contribution >= 4 is 70.0 Å². The first-order valence-corrected chi connectivity index (χ1v) is 22.8. The molecule has 324 valence electrons. The molecule has 4 fully saturated rings. The van der Waals surface area contributed by atoms with E-state index < -0.39 is 35.0 Å². The molecule has 1 amide bonds. The van der Waals surface area contributed by atoms with Crippen molar-refractivity contribution in [3.8, 4) is 0 Å². The third-order valence-corrected chi connectivity index (χ3v) is 16.2. The first-order valence-electron chi connectivity index (χ1n) is 21.0. The van der Waals surface area contributed by atoms with Crippen LogP contribution in [-0.2, 0) is 30.3 Å². The van der Waals surface area contributed by atoms with Crippen LogP contribution in [0.4, 0.5) is 11.4 Å². The number of esters is 1. The number of ether oxygens (including phenoxy) is 1. The van der Waals surface area contributed by atoms with Crippen LogP contribution in [-0.4, -0.2) is 81.1 Å². The van der Waals surface area contributed by atoms with E-state index in [-0.39, 0.29) is 64.2 Å². The maximum Gasteiger partial charge on any atom is 0.316 e. The lowest BCUT2D eigenvalue weighted by Crippen LogP contribution is -2.63. The summed E-state index contributed by atoms with van der Waals surface area (Å²) in [6, 6.07) is 11.8. The molecule has 6 rings (SSSR count). The number of rotatable bonds is 11. The molecular weight excluding hydrogens is 809 g/mol. The molecule has 0 radical (unpaired) electrons. The second-order valence-electron chi connectivity index (χ2n) is 18.1. The van der Waals surface area contributed by atoms with E-state index in [1.165, 1.54) is 0 Å². The van der Waals surface area contributed by atoms with Gasteiger partial charge in [-0.1, -0.05) is 95.1 Å². The number of hydrogen-bond acceptors (Lipinski definition) is 9. The molecule has 5 N–H and O–H groups in total. The van der Waals surface area contributed by atoms with Crippen molar-refractivity contribution in [3.05, 3.63) is 70.7 Å². The largest absolute Gasteiger partial charge is 0.481 e. The van der Waals surface area contributed by atoms with E-state index in [2.05, 4.69) is 32.7 Å². The van der Waals surface area contributed by atoms with Crippen LogP contribution in [0.15, 0.2) is 55.1 Å². The minimum absolute atomic E-state index is 0.0159. The standard InChI is InChI=1S/C32H52N2O5S.C14H11Cl2NO2/c1-8-30(6)16-24(31(7)20(4)11-13-32(21(5)28(30)37)14-12-23(35)27(31)32)39-25(36)18-40-22-10-9-15-34(17-22)29(38)26(33)19(2)3;15-10-5-3-6-11(16)14(10)17-12-7-2-1-4-9(12)8-13(18)19/h8,19-22,24,26-28,37H,1,9-18,33H2,2-7H3;1-7,17H,8H2,(H,18,19)/t20-,21+,22+,24-,26-,27+,28+,30-,31+,32+;/m1./s1. The number of anilines is 2. The number of para-hydroxylation sites is 2. The zero-order valence-corrected chi connectivity index (χ0v) is 37.7. The van der Waals surface area contributed by atoms with E-state index >= 15 is 0 Å². The van der Waals surface area contributed by atoms with Gasteiger partial charge in [-0.05, 0) is 85.5 Å². The highest BCUT2D eigenvalue weighted by Gasteiger charge is 2.68. The number of nitrogens with zero attached hydrogens (tertiary/aromatic N) is 1. The molecule has 2 aromatic carbocycles. The Morgan fingerprint density at radius 2 is 1.76 bits per heavy atom. The summed E-state index contributed by atoms with van der Waals surface area (Å²) in [5, 5.41) is 24.8. The Kier molecular flexibility index (Phi) is 15.4. The summed E-state index contributed by atoms with van der Waals surface area (Å²) in [6.45, 7) is 17.8. The van der Waals surface area contributed by atoms with Crippen molar-refractivity contribution < 1.29 is 34.1 Å². The molecule has 1 heterocycles. The number of ketones is 1. The van der Waals surface area contributed by atoms with Crippen LogP contribution in [0.3, 0.4) is 0 Å². The Labute approximate surface area is 364 Å². The average molecular weight is 873 g/mol. The number of carbonyl (C=O) groups excluding carboxylic acids is 3. The number of nitrogens with two attached hydrogens (primary N) is 1. The molecule has 0 aromatic heterocycles. The molecule has 1 aliphatic heterocycles. The van der Waals surface area contributed by atoms with Crippen molar-refractivity contribution in [2.75, 3.05) is 24.2 Å². The summed E-state index contributed by atoms with van der Waals surface area (Å²) in [7, 11) is 0. The molecule has 2 bridgehead atoms. The van der Waals surface area contributed by atoms with Crippen LogP contribution >= 0.6 is 35.0 Å². The monoisotopic (exact) mass is 871 g/mol. The van der Waals surface area contributed by atoms with Gasteiger partial charge in [-0.3, -0.25) is 19.2 Å². The molecule has 1 saturated heterocycles. The second-order valence-corrected chi connectivity index (χ2v) is 20.2. The number of piperidine rings is 1. The molecule has 10 atom stereocenters. The number of benzene rings is 2. The number of likely N-dealkylation sites (tertiary alicyclic amines) is 1. The SMILES string of the molecule is C=C[C@]1(C)C[C@@H](OC(=O)CS[C@H]2CCCN(C(=O)[C@H](N)C(C)C)C2)[C@]2(C)[C@H](C)CC[C@]3(CCC(=O)[C@H]32)[C@@H](C)[C@@H]1O.O=C(O)Cc1ccccc1Nc1c(Cl)cccc1Cl. The van der Waals surface area contributed by atoms with Crippen molar-refractivity contribution in [2.24, 2.45) is 45.7 Å². The minimum Gasteiger partial charge on any atom is -0.481 e. The number of thioether (sulfide) groups is 1. The van der Waals surface area contributed by atoms with E-state index in [1.807, 2.05) is 37.8 Å². The summed E-state index contributed by atoms with van der Waals surface area (Å²) < 4.78 is 6.38. The third-order valence-electron chi connectivity index (χ3n) is 14.3. The second kappa shape index (κ2) is 19.3. The van der Waals surface area contributed by atoms with Gasteiger partial charge >= 0.3 is 11.9 Å². The van der Waals surface area contributed by atoms with Gasteiger partial charge in [0.2, 0.25) is 5.91 Å². The molecule has 0 unspecified atom stereocenters. The fourth-order valence-electron chi connectivity index (χ4n) is 10.4. The Bertz CT molecular complexity index is 1860. The van der Waals surface area contributed by atoms with Crippen LogP contribution in [0.5, 0.6) is 0 Å². The number of amides is 1. The van der Waals surface area contributed by atoms with Gasteiger partial charge in [0.15, 0.2) is 0 Å². The summed E-state index contributed by atoms with van der Waals surface area (Å²) in [4.78, 5) is 52.5. The van der Waals surface area contributed by atoms with Crippen LogP contribution in [0.2, 0.25) is 10.0 Å². The van der Waals surface area contributed by atoms with Gasteiger partial charge < -0.3 is 30.9 Å². The van der Waals surface area contributed by atoms with Gasteiger partial charge in [0.25, 0.3) is 0 Å². The van der Waals surface area contributed by atoms with Gasteiger partial charge in [-0.25, -0.2) is 0 Å². The third kappa shape index (κ3) is 9.85. The molecule has 13 heteroatoms. The smallest absolute Gasteiger partial charge is 0.316 e. The van der Waals surface area contributed by atoms with Crippen molar-refractivity contribution in [3.63, 3.8) is 0 Å². The zero-order valence-electron chi connectivity index (χ0n) is 35.3. The lowest BCUT2D eigenvalue weighted by Gasteiger charge is -2.61. The van der Waals surface area contributed by atoms with Crippen LogP contribution < -0.4 is 11.1 Å². The highest BCUT2D eigenvalue weighted by atomic mass is 35.5. The highest BCUT2D eigenvalue weighted by Crippen LogP contribution is 2.68. The predicted octanol–water partition coefficient (Wildman–Crippen LogP) is 8.96. The van der Waals surface area contributed by atoms with E-state index in [0.29, 0.717) is 52.9 Å². The van der Waals surface area contributed by atoms with Gasteiger partial charge in [-0.2, -0.15) is 0 Å². The number of aliphatic carboxylic acids is 1. The topological polar surface area (TPSA) is 159 Å². The van der Waals surface area contributed by atoms with E-state index in [9.17, 15) is 24.3 Å². The van der Waals surface area contributed by atoms with Crippen LogP contribution in [0.25, 0.3) is 0 Å². The van der Waals surface area contributed by atoms with Crippen molar-refractivity contribution in [1.29, 1.82) is 0 Å². The van der Waals surface area contributed by atoms with Crippen molar-refractivity contribution in [2.45, 2.75) is 116 Å². The molecule has 3 aliphatic carbocycles. The fourth-order valence-corrected chi connectivity index (χ4v) is 11.9. The van der Waals surface area contributed by atoms with Crippen LogP contribution in [0.1, 0.15) is 92.1 Å². The van der Waals surface area contributed by atoms with Crippen molar-refractivity contribution in [1.82, 2.24) is 4.90 Å². The summed E-state index contributed by atoms with van der Waals surface area (Å²) in [6.07, 6.45) is 6.06. The van der Waals surface area contributed by atoms with Gasteiger partial charge in [0.05, 0.1) is 40.1 Å². The Morgan fingerprint density at radius 1 is 1.08 bits per heavy atom. The average Bonchev–Trinajstić information content (AvgIpc) is 3.56. The molecule has 4 aliphatic rings. The zero-order chi connectivity index (χ0) is 43.4. The maximum atomic E-state index is 13.6. The lowest BCUT2D eigenvalue weighted by atomic mass is 9.44. The first kappa shape index (κ1) is 47.0. The normalized spacial score (nSPS) is 32.1. The number of Topliss-reactive ketones (excluding diaryl/α,β-unsaturated/α-hetero) is 1. The molecule has 3 saturated carbocycles. The molecule has 10 nitrogen and oxygen atoms in total. The number of carboxylic acid groups (broad SMARTS) is 1.